The Balaban J connectivity index is 3.56. The van der Waals surface area contributed by atoms with Crippen molar-refractivity contribution in [3.63, 3.8) is 0 Å². The fourth-order valence-electron chi connectivity index (χ4n) is 1.17. The number of primary sulfonamides is 1. The van der Waals surface area contributed by atoms with Crippen LogP contribution < -0.4 is 5.14 Å². The second kappa shape index (κ2) is 4.71. The lowest BCUT2D eigenvalue weighted by Gasteiger charge is -2.12. The molecule has 0 bridgehead atoms. The van der Waals surface area contributed by atoms with Gasteiger partial charge in [-0.05, 0) is 12.1 Å². The molecule has 1 amide bonds. The van der Waals surface area contributed by atoms with Crippen LogP contribution in [0.25, 0.3) is 0 Å². The number of benzene rings is 1. The van der Waals surface area contributed by atoms with Gasteiger partial charge in [-0.3, -0.25) is 4.79 Å². The predicted molar refractivity (Wildman–Crippen MR) is 63.5 cm³/mol. The Bertz CT molecular complexity index is 572. The SMILES string of the molecule is CN(C)C(=O)c1cc(Br)cc(S(N)(=O)=O)c1F. The summed E-state index contributed by atoms with van der Waals surface area (Å²) >= 11 is 3.00. The molecule has 0 unspecified atom stereocenters. The van der Waals surface area contributed by atoms with Crippen molar-refractivity contribution in [1.29, 1.82) is 0 Å². The summed E-state index contributed by atoms with van der Waals surface area (Å²) in [6.45, 7) is 0. The molecule has 17 heavy (non-hydrogen) atoms. The van der Waals surface area contributed by atoms with Crippen LogP contribution in [-0.2, 0) is 10.0 Å². The molecule has 0 aliphatic heterocycles. The molecule has 8 heteroatoms. The van der Waals surface area contributed by atoms with Gasteiger partial charge in [0.15, 0.2) is 5.82 Å². The minimum Gasteiger partial charge on any atom is -0.345 e. The van der Waals surface area contributed by atoms with E-state index in [1.165, 1.54) is 20.2 Å². The molecule has 0 fully saturated rings. The van der Waals surface area contributed by atoms with E-state index in [0.29, 0.717) is 0 Å². The Kier molecular flexibility index (Phi) is 3.90. The third-order valence-corrected chi connectivity index (χ3v) is 3.32. The number of halogens is 2. The fraction of sp³-hybridized carbons (Fsp3) is 0.222. The van der Waals surface area contributed by atoms with Crippen molar-refractivity contribution in [3.8, 4) is 0 Å². The minimum absolute atomic E-state index is 0.258. The van der Waals surface area contributed by atoms with Crippen molar-refractivity contribution < 1.29 is 17.6 Å². The monoisotopic (exact) mass is 324 g/mol. The predicted octanol–water partition coefficient (Wildman–Crippen LogP) is 0.937. The molecule has 1 aromatic rings. The van der Waals surface area contributed by atoms with Gasteiger partial charge < -0.3 is 4.90 Å². The molecule has 1 aromatic carbocycles. The highest BCUT2D eigenvalue weighted by molar-refractivity contribution is 9.10. The van der Waals surface area contributed by atoms with Crippen LogP contribution in [0.15, 0.2) is 21.5 Å². The molecule has 0 aliphatic carbocycles. The van der Waals surface area contributed by atoms with E-state index in [4.69, 9.17) is 5.14 Å². The summed E-state index contributed by atoms with van der Waals surface area (Å²) in [5.74, 6) is -1.79. The zero-order valence-electron chi connectivity index (χ0n) is 9.07. The lowest BCUT2D eigenvalue weighted by atomic mass is 10.2. The van der Waals surface area contributed by atoms with Gasteiger partial charge in [-0.2, -0.15) is 0 Å². The van der Waals surface area contributed by atoms with Crippen molar-refractivity contribution in [3.05, 3.63) is 28.0 Å². The first-order valence-corrected chi connectivity index (χ1v) is 6.72. The molecule has 0 saturated heterocycles. The molecule has 1 rings (SSSR count). The van der Waals surface area contributed by atoms with Crippen LogP contribution in [0.4, 0.5) is 4.39 Å². The second-order valence-corrected chi connectivity index (χ2v) is 5.96. The van der Waals surface area contributed by atoms with Gasteiger partial charge in [-0.1, -0.05) is 15.9 Å². The van der Waals surface area contributed by atoms with Crippen LogP contribution in [0.3, 0.4) is 0 Å². The first-order chi connectivity index (χ1) is 7.64. The Morgan fingerprint density at radius 2 is 1.94 bits per heavy atom. The molecule has 2 N–H and O–H groups in total. The second-order valence-electron chi connectivity index (χ2n) is 3.51. The molecular formula is C9H10BrFN2O3S. The Labute approximate surface area is 107 Å². The minimum atomic E-state index is -4.21. The highest BCUT2D eigenvalue weighted by Crippen LogP contribution is 2.23. The summed E-state index contributed by atoms with van der Waals surface area (Å²) in [7, 11) is -1.35. The van der Waals surface area contributed by atoms with Gasteiger partial charge in [0.05, 0.1) is 5.56 Å². The summed E-state index contributed by atoms with van der Waals surface area (Å²) in [6, 6.07) is 2.21. The quantitative estimate of drug-likeness (QED) is 0.879. The van der Waals surface area contributed by atoms with Gasteiger partial charge in [-0.25, -0.2) is 17.9 Å². The number of rotatable bonds is 2. The lowest BCUT2D eigenvalue weighted by Crippen LogP contribution is -2.24. The molecule has 94 valence electrons. The number of amides is 1. The maximum absolute atomic E-state index is 13.8. The summed E-state index contributed by atoms with van der Waals surface area (Å²) in [5.41, 5.74) is -0.353. The molecule has 0 aromatic heterocycles. The topological polar surface area (TPSA) is 80.5 Å². The average Bonchev–Trinajstić information content (AvgIpc) is 2.18. The Hall–Kier alpha value is -0.990. The van der Waals surface area contributed by atoms with Gasteiger partial charge in [0.1, 0.15) is 4.90 Å². The number of hydrogen-bond acceptors (Lipinski definition) is 3. The number of carbonyl (C=O) groups excluding carboxylic acids is 1. The van der Waals surface area contributed by atoms with E-state index in [-0.39, 0.29) is 10.0 Å². The number of carbonyl (C=O) groups is 1. The number of nitrogens with two attached hydrogens (primary N) is 1. The Morgan fingerprint density at radius 3 is 2.35 bits per heavy atom. The number of hydrogen-bond donors (Lipinski definition) is 1. The van der Waals surface area contributed by atoms with Crippen molar-refractivity contribution >= 4 is 31.9 Å². The smallest absolute Gasteiger partial charge is 0.256 e. The first kappa shape index (κ1) is 14.1. The fourth-order valence-corrected chi connectivity index (χ4v) is 2.43. The van der Waals surface area contributed by atoms with E-state index in [1.54, 1.807) is 0 Å². The average molecular weight is 325 g/mol. The van der Waals surface area contributed by atoms with Gasteiger partial charge in [0, 0.05) is 18.6 Å². The third kappa shape index (κ3) is 3.02. The van der Waals surface area contributed by atoms with Crippen molar-refractivity contribution in [2.75, 3.05) is 14.1 Å². The van der Waals surface area contributed by atoms with Gasteiger partial charge >= 0.3 is 0 Å². The van der Waals surface area contributed by atoms with E-state index in [1.807, 2.05) is 0 Å². The van der Waals surface area contributed by atoms with Crippen molar-refractivity contribution in [1.82, 2.24) is 4.90 Å². The van der Waals surface area contributed by atoms with Crippen LogP contribution in [0.5, 0.6) is 0 Å². The molecular weight excluding hydrogens is 315 g/mol. The third-order valence-electron chi connectivity index (χ3n) is 1.95. The van der Waals surface area contributed by atoms with Gasteiger partial charge in [0.25, 0.3) is 5.91 Å². The van der Waals surface area contributed by atoms with Gasteiger partial charge in [0.2, 0.25) is 10.0 Å². The summed E-state index contributed by atoms with van der Waals surface area (Å²) in [6.07, 6.45) is 0. The standard InChI is InChI=1S/C9H10BrFN2O3S/c1-13(2)9(14)6-3-5(10)4-7(8(6)11)17(12,15)16/h3-4H,1-2H3,(H2,12,15,16). The van der Waals surface area contributed by atoms with Crippen molar-refractivity contribution in [2.45, 2.75) is 4.90 Å². The number of sulfonamides is 1. The van der Waals surface area contributed by atoms with Crippen LogP contribution in [-0.4, -0.2) is 33.3 Å². The largest absolute Gasteiger partial charge is 0.345 e. The van der Waals surface area contributed by atoms with E-state index in [0.717, 1.165) is 11.0 Å². The molecule has 5 nitrogen and oxygen atoms in total. The highest BCUT2D eigenvalue weighted by Gasteiger charge is 2.23. The van der Waals surface area contributed by atoms with Gasteiger partial charge in [-0.15, -0.1) is 0 Å². The Morgan fingerprint density at radius 1 is 1.41 bits per heavy atom. The van der Waals surface area contributed by atoms with E-state index >= 15 is 0 Å². The zero-order chi connectivity index (χ0) is 13.4. The summed E-state index contributed by atoms with van der Waals surface area (Å²) in [5, 5.41) is 4.86. The number of nitrogens with zero attached hydrogens (tertiary/aromatic N) is 1. The maximum Gasteiger partial charge on any atom is 0.256 e. The molecule has 0 spiro atoms. The van der Waals surface area contributed by atoms with Crippen LogP contribution in [0, 0.1) is 5.82 Å². The highest BCUT2D eigenvalue weighted by atomic mass is 79.9. The lowest BCUT2D eigenvalue weighted by molar-refractivity contribution is 0.0822. The van der Waals surface area contributed by atoms with E-state index in [2.05, 4.69) is 15.9 Å². The molecule has 0 atom stereocenters. The van der Waals surface area contributed by atoms with Crippen LogP contribution in [0.1, 0.15) is 10.4 Å². The van der Waals surface area contributed by atoms with Crippen molar-refractivity contribution in [2.24, 2.45) is 5.14 Å². The van der Waals surface area contributed by atoms with E-state index in [9.17, 15) is 17.6 Å². The summed E-state index contributed by atoms with van der Waals surface area (Å²) in [4.78, 5) is 12.1. The maximum atomic E-state index is 13.8. The molecule has 0 saturated carbocycles. The van der Waals surface area contributed by atoms with Crippen LogP contribution in [0.2, 0.25) is 0 Å². The van der Waals surface area contributed by atoms with E-state index < -0.39 is 26.6 Å². The normalized spacial score (nSPS) is 11.4. The molecule has 0 radical (unpaired) electrons. The first-order valence-electron chi connectivity index (χ1n) is 4.38. The zero-order valence-corrected chi connectivity index (χ0v) is 11.5. The molecule has 0 aliphatic rings. The summed E-state index contributed by atoms with van der Waals surface area (Å²) < 4.78 is 36.4. The molecule has 0 heterocycles. The van der Waals surface area contributed by atoms with Crippen LogP contribution >= 0.6 is 15.9 Å².